The van der Waals surface area contributed by atoms with Crippen LogP contribution < -0.4 is 0 Å². The summed E-state index contributed by atoms with van der Waals surface area (Å²) in [6.07, 6.45) is 0. The van der Waals surface area contributed by atoms with Crippen LogP contribution in [0, 0.1) is 20.8 Å². The predicted molar refractivity (Wildman–Crippen MR) is 99.6 cm³/mol. The average molecular weight is 346 g/mol. The van der Waals surface area contributed by atoms with E-state index >= 15 is 0 Å². The van der Waals surface area contributed by atoms with E-state index in [9.17, 15) is 8.42 Å². The van der Waals surface area contributed by atoms with Crippen molar-refractivity contribution in [2.75, 3.05) is 0 Å². The van der Waals surface area contributed by atoms with Gasteiger partial charge in [0.15, 0.2) is 0 Å². The highest BCUT2D eigenvalue weighted by Gasteiger charge is 2.35. The van der Waals surface area contributed by atoms with Crippen LogP contribution in [-0.2, 0) is 16.6 Å². The summed E-state index contributed by atoms with van der Waals surface area (Å²) < 4.78 is 28.5. The number of aryl methyl sites for hydroxylation is 3. The Morgan fingerprint density at radius 2 is 1.42 bits per heavy atom. The predicted octanol–water partition coefficient (Wildman–Crippen LogP) is 4.60. The first-order valence-corrected chi connectivity index (χ1v) is 9.62. The molecule has 4 heteroatoms. The van der Waals surface area contributed by atoms with E-state index in [-0.39, 0.29) is 0 Å². The molecule has 3 nitrogen and oxygen atoms in total. The van der Waals surface area contributed by atoms with Crippen LogP contribution >= 0.6 is 0 Å². The van der Waals surface area contributed by atoms with Gasteiger partial charge in [-0.25, -0.2) is 8.42 Å². The molecule has 0 bridgehead atoms. The van der Waals surface area contributed by atoms with Crippen LogP contribution in [0.25, 0.3) is 0 Å². The zero-order valence-electron chi connectivity index (χ0n) is 15.4. The smallest absolute Gasteiger partial charge is 0.207 e. The molecule has 0 spiro atoms. The third-order valence-corrected chi connectivity index (χ3v) is 6.49. The highest BCUT2D eigenvalue weighted by Crippen LogP contribution is 2.31. The Kier molecular flexibility index (Phi) is 5.21. The second kappa shape index (κ2) is 6.69. The molecule has 0 saturated heterocycles. The van der Waals surface area contributed by atoms with E-state index in [1.54, 1.807) is 4.31 Å². The number of sulfonamides is 1. The van der Waals surface area contributed by atoms with Crippen LogP contribution in [0.5, 0.6) is 0 Å². The van der Waals surface area contributed by atoms with Crippen molar-refractivity contribution < 1.29 is 8.42 Å². The molecule has 0 unspecified atom stereocenters. The minimum Gasteiger partial charge on any atom is -0.207 e. The van der Waals surface area contributed by atoms with Crippen molar-refractivity contribution in [2.24, 2.45) is 0 Å². The summed E-state index contributed by atoms with van der Waals surface area (Å²) in [4.78, 5) is 0.430. The van der Waals surface area contributed by atoms with E-state index in [0.717, 1.165) is 22.3 Å². The molecule has 0 atom stereocenters. The Morgan fingerprint density at radius 3 is 1.88 bits per heavy atom. The number of hydrogen-bond acceptors (Lipinski definition) is 2. The third kappa shape index (κ3) is 3.87. The summed E-state index contributed by atoms with van der Waals surface area (Å²) in [5, 5.41) is 0. The van der Waals surface area contributed by atoms with E-state index in [4.69, 9.17) is 0 Å². The number of rotatable bonds is 4. The van der Waals surface area contributed by atoms with Crippen LogP contribution in [0.15, 0.2) is 47.4 Å². The Hall–Kier alpha value is -1.65. The number of nitrogens with zero attached hydrogens (tertiary/aromatic N) is 1. The van der Waals surface area contributed by atoms with Gasteiger partial charge in [-0.2, -0.15) is 4.31 Å². The minimum atomic E-state index is -3.60. The van der Waals surface area contributed by atoms with Crippen LogP contribution in [0.2, 0.25) is 0 Å². The van der Waals surface area contributed by atoms with Gasteiger partial charge in [0.05, 0.1) is 4.90 Å². The molecule has 0 saturated carbocycles. The van der Waals surface area contributed by atoms with Gasteiger partial charge < -0.3 is 0 Å². The highest BCUT2D eigenvalue weighted by molar-refractivity contribution is 7.89. The summed E-state index contributed by atoms with van der Waals surface area (Å²) in [5.74, 6) is 0. The second-order valence-electron chi connectivity index (χ2n) is 7.40. The topological polar surface area (TPSA) is 37.4 Å². The van der Waals surface area contributed by atoms with E-state index in [0.29, 0.717) is 11.4 Å². The lowest BCUT2D eigenvalue weighted by Gasteiger charge is -2.35. The molecule has 0 aromatic heterocycles. The van der Waals surface area contributed by atoms with E-state index in [1.165, 1.54) is 0 Å². The van der Waals surface area contributed by atoms with Crippen molar-refractivity contribution in [2.45, 2.75) is 58.5 Å². The lowest BCUT2D eigenvalue weighted by atomic mass is 10.1. The molecule has 2 aromatic carbocycles. The fourth-order valence-corrected chi connectivity index (χ4v) is 5.31. The maximum absolute atomic E-state index is 13.5. The summed E-state index contributed by atoms with van der Waals surface area (Å²) in [6.45, 7) is 11.9. The van der Waals surface area contributed by atoms with Gasteiger partial charge in [0.1, 0.15) is 0 Å². The largest absolute Gasteiger partial charge is 0.244 e. The van der Waals surface area contributed by atoms with Crippen LogP contribution in [0.3, 0.4) is 0 Å². The van der Waals surface area contributed by atoms with Gasteiger partial charge in [-0.15, -0.1) is 0 Å². The zero-order chi connectivity index (χ0) is 18.1. The first-order chi connectivity index (χ1) is 11.0. The van der Waals surface area contributed by atoms with Gasteiger partial charge in [-0.1, -0.05) is 48.0 Å². The number of hydrogen-bond donors (Lipinski definition) is 0. The second-order valence-corrected chi connectivity index (χ2v) is 9.20. The molecule has 0 amide bonds. The van der Waals surface area contributed by atoms with E-state index in [1.807, 2.05) is 84.0 Å². The van der Waals surface area contributed by atoms with Gasteiger partial charge in [0, 0.05) is 12.1 Å². The SMILES string of the molecule is Cc1cc(C)c(S(=O)(=O)N(Cc2ccccc2)C(C)(C)C)c(C)c1. The first-order valence-electron chi connectivity index (χ1n) is 8.18. The highest BCUT2D eigenvalue weighted by atomic mass is 32.2. The van der Waals surface area contributed by atoms with Crippen molar-refractivity contribution in [3.8, 4) is 0 Å². The van der Waals surface area contributed by atoms with Gasteiger partial charge in [-0.05, 0) is 58.2 Å². The van der Waals surface area contributed by atoms with Crippen molar-refractivity contribution in [3.05, 3.63) is 64.7 Å². The Balaban J connectivity index is 2.57. The standard InChI is InChI=1S/C20H27NO2S/c1-15-12-16(2)19(17(3)13-15)24(22,23)21(20(4,5)6)14-18-10-8-7-9-11-18/h7-13H,14H2,1-6H3. The van der Waals surface area contributed by atoms with Crippen molar-refractivity contribution in [1.82, 2.24) is 4.31 Å². The molecule has 2 rings (SSSR count). The van der Waals surface area contributed by atoms with E-state index in [2.05, 4.69) is 0 Å². The Morgan fingerprint density at radius 1 is 0.917 bits per heavy atom. The molecular formula is C20H27NO2S. The molecule has 0 N–H and O–H groups in total. The zero-order valence-corrected chi connectivity index (χ0v) is 16.2. The summed E-state index contributed by atoms with van der Waals surface area (Å²) in [7, 11) is -3.60. The summed E-state index contributed by atoms with van der Waals surface area (Å²) >= 11 is 0. The number of benzene rings is 2. The molecule has 0 radical (unpaired) electrons. The minimum absolute atomic E-state index is 0.361. The fraction of sp³-hybridized carbons (Fsp3) is 0.400. The van der Waals surface area contributed by atoms with E-state index < -0.39 is 15.6 Å². The van der Waals surface area contributed by atoms with Gasteiger partial charge in [0.2, 0.25) is 10.0 Å². The Labute approximate surface area is 146 Å². The van der Waals surface area contributed by atoms with Crippen molar-refractivity contribution >= 4 is 10.0 Å². The molecule has 0 aliphatic carbocycles. The fourth-order valence-electron chi connectivity index (χ4n) is 3.12. The third-order valence-electron chi connectivity index (χ3n) is 4.07. The molecule has 24 heavy (non-hydrogen) atoms. The normalized spacial score (nSPS) is 12.6. The molecule has 0 aliphatic rings. The van der Waals surface area contributed by atoms with Gasteiger partial charge in [0.25, 0.3) is 0 Å². The van der Waals surface area contributed by atoms with Crippen LogP contribution in [0.4, 0.5) is 0 Å². The van der Waals surface area contributed by atoms with Crippen LogP contribution in [0.1, 0.15) is 43.0 Å². The average Bonchev–Trinajstić information content (AvgIpc) is 2.43. The summed E-state index contributed by atoms with van der Waals surface area (Å²) in [5.41, 5.74) is 3.15. The molecule has 130 valence electrons. The maximum atomic E-state index is 13.5. The lowest BCUT2D eigenvalue weighted by molar-refractivity contribution is 0.242. The molecule has 0 fully saturated rings. The van der Waals surface area contributed by atoms with Crippen LogP contribution in [-0.4, -0.2) is 18.3 Å². The molecule has 0 aliphatic heterocycles. The molecule has 0 heterocycles. The monoisotopic (exact) mass is 345 g/mol. The first kappa shape index (κ1) is 18.7. The Bertz CT molecular complexity index is 795. The quantitative estimate of drug-likeness (QED) is 0.812. The van der Waals surface area contributed by atoms with Gasteiger partial charge in [-0.3, -0.25) is 0 Å². The van der Waals surface area contributed by atoms with Crippen molar-refractivity contribution in [3.63, 3.8) is 0 Å². The van der Waals surface area contributed by atoms with Crippen molar-refractivity contribution in [1.29, 1.82) is 0 Å². The maximum Gasteiger partial charge on any atom is 0.244 e. The lowest BCUT2D eigenvalue weighted by Crippen LogP contribution is -2.45. The molecular weight excluding hydrogens is 318 g/mol. The summed E-state index contributed by atoms with van der Waals surface area (Å²) in [6, 6.07) is 13.6. The van der Waals surface area contributed by atoms with Gasteiger partial charge >= 0.3 is 0 Å². The molecule has 2 aromatic rings.